The minimum atomic E-state index is 0.261. The van der Waals surface area contributed by atoms with Gasteiger partial charge in [-0.15, -0.1) is 0 Å². The van der Waals surface area contributed by atoms with Crippen LogP contribution in [-0.2, 0) is 19.4 Å². The van der Waals surface area contributed by atoms with Gasteiger partial charge in [0.1, 0.15) is 0 Å². The summed E-state index contributed by atoms with van der Waals surface area (Å²) in [4.78, 5) is 0. The van der Waals surface area contributed by atoms with Crippen LogP contribution in [0.15, 0.2) is 6.07 Å². The predicted molar refractivity (Wildman–Crippen MR) is 73.0 cm³/mol. The number of aromatic nitrogens is 2. The Balaban J connectivity index is 2.75. The van der Waals surface area contributed by atoms with E-state index in [4.69, 9.17) is 5.73 Å². The molecular weight excluding hydrogens is 210 g/mol. The molecule has 98 valence electrons. The van der Waals surface area contributed by atoms with Crippen LogP contribution in [0.25, 0.3) is 0 Å². The predicted octanol–water partition coefficient (Wildman–Crippen LogP) is 2.77. The molecule has 0 aromatic carbocycles. The lowest BCUT2D eigenvalue weighted by molar-refractivity contribution is 0.386. The Hall–Kier alpha value is -0.830. The molecule has 1 atom stereocenters. The molecule has 0 spiro atoms. The Kier molecular flexibility index (Phi) is 5.69. The quantitative estimate of drug-likeness (QED) is 0.792. The maximum absolute atomic E-state index is 6.30. The smallest absolute Gasteiger partial charge is 0.0624 e. The van der Waals surface area contributed by atoms with Gasteiger partial charge >= 0.3 is 0 Å². The van der Waals surface area contributed by atoms with Crippen LogP contribution in [0.4, 0.5) is 0 Å². The molecule has 0 saturated carbocycles. The Bertz CT molecular complexity index is 326. The third-order valence-corrected chi connectivity index (χ3v) is 3.67. The molecule has 3 nitrogen and oxygen atoms in total. The fourth-order valence-corrected chi connectivity index (χ4v) is 2.43. The zero-order valence-electron chi connectivity index (χ0n) is 11.7. The first-order valence-corrected chi connectivity index (χ1v) is 6.97. The molecule has 1 aromatic rings. The minimum Gasteiger partial charge on any atom is -0.327 e. The fraction of sp³-hybridized carbons (Fsp3) is 0.786. The van der Waals surface area contributed by atoms with Crippen molar-refractivity contribution in [3.8, 4) is 0 Å². The summed E-state index contributed by atoms with van der Waals surface area (Å²) < 4.78 is 2.10. The first kappa shape index (κ1) is 14.2. The highest BCUT2D eigenvalue weighted by Gasteiger charge is 2.17. The van der Waals surface area contributed by atoms with Gasteiger partial charge in [-0.3, -0.25) is 4.68 Å². The van der Waals surface area contributed by atoms with Gasteiger partial charge in [-0.25, -0.2) is 0 Å². The molecule has 1 rings (SSSR count). The lowest BCUT2D eigenvalue weighted by Gasteiger charge is -2.21. The van der Waals surface area contributed by atoms with Crippen LogP contribution >= 0.6 is 0 Å². The Labute approximate surface area is 105 Å². The van der Waals surface area contributed by atoms with Crippen LogP contribution in [0.3, 0.4) is 0 Å². The molecule has 0 aliphatic rings. The van der Waals surface area contributed by atoms with Gasteiger partial charge in [-0.2, -0.15) is 5.10 Å². The van der Waals surface area contributed by atoms with Crippen LogP contribution in [0.2, 0.25) is 0 Å². The second kappa shape index (κ2) is 6.80. The first-order valence-electron chi connectivity index (χ1n) is 6.97. The Morgan fingerprint density at radius 2 is 1.88 bits per heavy atom. The highest BCUT2D eigenvalue weighted by molar-refractivity contribution is 5.12. The van der Waals surface area contributed by atoms with Crippen molar-refractivity contribution >= 4 is 0 Å². The van der Waals surface area contributed by atoms with Gasteiger partial charge in [-0.1, -0.05) is 33.6 Å². The van der Waals surface area contributed by atoms with Crippen molar-refractivity contribution in [3.05, 3.63) is 17.5 Å². The number of rotatable bonds is 7. The second-order valence-corrected chi connectivity index (χ2v) is 4.74. The van der Waals surface area contributed by atoms with Gasteiger partial charge in [0.25, 0.3) is 0 Å². The molecule has 3 heteroatoms. The summed E-state index contributed by atoms with van der Waals surface area (Å²) in [6.45, 7) is 9.67. The largest absolute Gasteiger partial charge is 0.327 e. The topological polar surface area (TPSA) is 43.8 Å². The van der Waals surface area contributed by atoms with Gasteiger partial charge in [0, 0.05) is 24.7 Å². The van der Waals surface area contributed by atoms with Crippen LogP contribution in [0.1, 0.15) is 51.9 Å². The molecule has 2 N–H and O–H groups in total. The third kappa shape index (κ3) is 3.56. The average molecular weight is 237 g/mol. The Morgan fingerprint density at radius 3 is 2.35 bits per heavy atom. The summed E-state index contributed by atoms with van der Waals surface area (Å²) >= 11 is 0. The standard InChI is InChI=1S/C14H27N3/c1-5-11(6-2)14(15)10-13-9-12(7-3)16-17(13)8-4/h9,11,14H,5-8,10,15H2,1-4H3. The molecule has 0 amide bonds. The van der Waals surface area contributed by atoms with E-state index in [9.17, 15) is 0 Å². The highest BCUT2D eigenvalue weighted by Crippen LogP contribution is 2.16. The van der Waals surface area contributed by atoms with Gasteiger partial charge < -0.3 is 5.73 Å². The van der Waals surface area contributed by atoms with Crippen LogP contribution in [-0.4, -0.2) is 15.8 Å². The second-order valence-electron chi connectivity index (χ2n) is 4.74. The minimum absolute atomic E-state index is 0.261. The van der Waals surface area contributed by atoms with Crippen molar-refractivity contribution in [1.82, 2.24) is 9.78 Å². The molecule has 0 aliphatic heterocycles. The van der Waals surface area contributed by atoms with Crippen molar-refractivity contribution in [2.45, 2.75) is 66.0 Å². The van der Waals surface area contributed by atoms with Gasteiger partial charge in [-0.05, 0) is 25.3 Å². The van der Waals surface area contributed by atoms with E-state index in [1.165, 1.54) is 24.2 Å². The van der Waals surface area contributed by atoms with Crippen LogP contribution in [0.5, 0.6) is 0 Å². The number of hydrogen-bond donors (Lipinski definition) is 1. The highest BCUT2D eigenvalue weighted by atomic mass is 15.3. The summed E-state index contributed by atoms with van der Waals surface area (Å²) in [7, 11) is 0. The molecule has 0 aliphatic carbocycles. The molecule has 1 heterocycles. The first-order chi connectivity index (χ1) is 8.15. The van der Waals surface area contributed by atoms with Crippen molar-refractivity contribution in [2.75, 3.05) is 0 Å². The Morgan fingerprint density at radius 1 is 1.24 bits per heavy atom. The van der Waals surface area contributed by atoms with E-state index < -0.39 is 0 Å². The molecule has 0 bridgehead atoms. The zero-order valence-corrected chi connectivity index (χ0v) is 11.7. The maximum atomic E-state index is 6.30. The van der Waals surface area contributed by atoms with E-state index in [1.807, 2.05) is 0 Å². The zero-order chi connectivity index (χ0) is 12.8. The van der Waals surface area contributed by atoms with Crippen molar-refractivity contribution in [3.63, 3.8) is 0 Å². The average Bonchev–Trinajstić information content (AvgIpc) is 2.73. The maximum Gasteiger partial charge on any atom is 0.0624 e. The molecule has 0 saturated heterocycles. The molecule has 0 fully saturated rings. The third-order valence-electron chi connectivity index (χ3n) is 3.67. The van der Waals surface area contributed by atoms with Crippen LogP contribution in [0, 0.1) is 5.92 Å². The number of nitrogens with two attached hydrogens (primary N) is 1. The monoisotopic (exact) mass is 237 g/mol. The molecular formula is C14H27N3. The summed E-state index contributed by atoms with van der Waals surface area (Å²) in [6, 6.07) is 2.47. The van der Waals surface area contributed by atoms with E-state index in [1.54, 1.807) is 0 Å². The number of aryl methyl sites for hydroxylation is 2. The summed E-state index contributed by atoms with van der Waals surface area (Å²) in [5.41, 5.74) is 8.78. The lowest BCUT2D eigenvalue weighted by atomic mass is 9.91. The fourth-order valence-electron chi connectivity index (χ4n) is 2.43. The summed E-state index contributed by atoms with van der Waals surface area (Å²) in [6.07, 6.45) is 4.28. The summed E-state index contributed by atoms with van der Waals surface area (Å²) in [5.74, 6) is 0.625. The summed E-state index contributed by atoms with van der Waals surface area (Å²) in [5, 5.41) is 4.57. The van der Waals surface area contributed by atoms with E-state index in [-0.39, 0.29) is 6.04 Å². The van der Waals surface area contributed by atoms with Crippen LogP contribution < -0.4 is 5.73 Å². The SMILES string of the molecule is CCc1cc(CC(N)C(CC)CC)n(CC)n1. The molecule has 1 aromatic heterocycles. The van der Waals surface area contributed by atoms with Gasteiger partial charge in [0.2, 0.25) is 0 Å². The number of nitrogens with zero attached hydrogens (tertiary/aromatic N) is 2. The number of hydrogen-bond acceptors (Lipinski definition) is 2. The lowest BCUT2D eigenvalue weighted by Crippen LogP contribution is -2.32. The van der Waals surface area contributed by atoms with Crippen molar-refractivity contribution < 1.29 is 0 Å². The van der Waals surface area contributed by atoms with Crippen molar-refractivity contribution in [2.24, 2.45) is 11.7 Å². The van der Waals surface area contributed by atoms with E-state index in [2.05, 4.69) is 43.5 Å². The van der Waals surface area contributed by atoms with E-state index >= 15 is 0 Å². The van der Waals surface area contributed by atoms with Crippen molar-refractivity contribution in [1.29, 1.82) is 0 Å². The normalized spacial score (nSPS) is 13.3. The van der Waals surface area contributed by atoms with E-state index in [0.29, 0.717) is 5.92 Å². The molecule has 0 radical (unpaired) electrons. The van der Waals surface area contributed by atoms with E-state index in [0.717, 1.165) is 19.4 Å². The molecule has 17 heavy (non-hydrogen) atoms. The van der Waals surface area contributed by atoms with Gasteiger partial charge in [0.15, 0.2) is 0 Å². The van der Waals surface area contributed by atoms with Gasteiger partial charge in [0.05, 0.1) is 5.69 Å². The molecule has 1 unspecified atom stereocenters.